The molecule has 0 aromatic heterocycles. The number of benzene rings is 1. The van der Waals surface area contributed by atoms with E-state index in [0.717, 1.165) is 24.9 Å². The Morgan fingerprint density at radius 2 is 2.22 bits per heavy atom. The van der Waals surface area contributed by atoms with Crippen molar-refractivity contribution in [3.63, 3.8) is 0 Å². The fourth-order valence-corrected chi connectivity index (χ4v) is 2.75. The predicted octanol–water partition coefficient (Wildman–Crippen LogP) is 4.63. The van der Waals surface area contributed by atoms with Crippen LogP contribution in [0.2, 0.25) is 5.02 Å². The molecule has 98 valence electrons. The van der Waals surface area contributed by atoms with Crippen molar-refractivity contribution in [2.24, 2.45) is 0 Å². The molecule has 18 heavy (non-hydrogen) atoms. The van der Waals surface area contributed by atoms with Crippen LogP contribution in [0, 0.1) is 5.82 Å². The number of rotatable bonds is 4. The molecule has 2 rings (SSSR count). The highest BCUT2D eigenvalue weighted by Crippen LogP contribution is 2.34. The lowest BCUT2D eigenvalue weighted by Crippen LogP contribution is -2.24. The standard InChI is InChI=1S/C15H19ClFN/c1-2-18-15(11-7-4-3-5-8-11)12-9-6-10-13(17)14(12)16/h6-7,9-10,15,18H,2-5,8H2,1H3. The maximum absolute atomic E-state index is 13.6. The van der Waals surface area contributed by atoms with E-state index in [9.17, 15) is 4.39 Å². The van der Waals surface area contributed by atoms with Crippen LogP contribution in [-0.2, 0) is 0 Å². The lowest BCUT2D eigenvalue weighted by atomic mass is 9.89. The molecule has 1 aromatic carbocycles. The zero-order chi connectivity index (χ0) is 13.0. The molecule has 1 aliphatic carbocycles. The van der Waals surface area contributed by atoms with Crippen LogP contribution < -0.4 is 5.32 Å². The Hall–Kier alpha value is -0.860. The first-order chi connectivity index (χ1) is 8.74. The first kappa shape index (κ1) is 13.6. The van der Waals surface area contributed by atoms with Gasteiger partial charge in [-0.3, -0.25) is 0 Å². The van der Waals surface area contributed by atoms with Gasteiger partial charge in [-0.2, -0.15) is 0 Å². The van der Waals surface area contributed by atoms with Crippen LogP contribution in [0.4, 0.5) is 4.39 Å². The zero-order valence-electron chi connectivity index (χ0n) is 10.7. The Kier molecular flexibility index (Phi) is 4.79. The van der Waals surface area contributed by atoms with Crippen molar-refractivity contribution in [3.8, 4) is 0 Å². The minimum Gasteiger partial charge on any atom is -0.307 e. The topological polar surface area (TPSA) is 12.0 Å². The Labute approximate surface area is 113 Å². The van der Waals surface area contributed by atoms with Crippen LogP contribution in [0.3, 0.4) is 0 Å². The third kappa shape index (κ3) is 2.93. The van der Waals surface area contributed by atoms with E-state index in [4.69, 9.17) is 11.6 Å². The second kappa shape index (κ2) is 6.35. The van der Waals surface area contributed by atoms with E-state index in [1.165, 1.54) is 24.5 Å². The molecule has 0 saturated carbocycles. The van der Waals surface area contributed by atoms with Gasteiger partial charge in [-0.15, -0.1) is 0 Å². The van der Waals surface area contributed by atoms with Crippen LogP contribution in [-0.4, -0.2) is 6.54 Å². The van der Waals surface area contributed by atoms with Crippen LogP contribution >= 0.6 is 11.6 Å². The van der Waals surface area contributed by atoms with Crippen LogP contribution in [0.1, 0.15) is 44.2 Å². The fourth-order valence-electron chi connectivity index (χ4n) is 2.51. The van der Waals surface area contributed by atoms with Gasteiger partial charge in [0.2, 0.25) is 0 Å². The highest BCUT2D eigenvalue weighted by molar-refractivity contribution is 6.31. The van der Waals surface area contributed by atoms with Crippen LogP contribution in [0.5, 0.6) is 0 Å². The molecule has 0 spiro atoms. The molecule has 0 radical (unpaired) electrons. The van der Waals surface area contributed by atoms with Gasteiger partial charge in [0.05, 0.1) is 11.1 Å². The summed E-state index contributed by atoms with van der Waals surface area (Å²) in [7, 11) is 0. The number of nitrogens with one attached hydrogen (secondary N) is 1. The van der Waals surface area contributed by atoms with Gasteiger partial charge in [0.25, 0.3) is 0 Å². The van der Waals surface area contributed by atoms with Crippen molar-refractivity contribution in [2.45, 2.75) is 38.6 Å². The maximum atomic E-state index is 13.6. The third-order valence-electron chi connectivity index (χ3n) is 3.40. The van der Waals surface area contributed by atoms with Crippen molar-refractivity contribution in [2.75, 3.05) is 6.54 Å². The Balaban J connectivity index is 2.34. The summed E-state index contributed by atoms with van der Waals surface area (Å²) in [6.45, 7) is 2.90. The van der Waals surface area contributed by atoms with Crippen molar-refractivity contribution in [3.05, 3.63) is 46.3 Å². The molecule has 1 atom stereocenters. The summed E-state index contributed by atoms with van der Waals surface area (Å²) >= 11 is 6.10. The van der Waals surface area contributed by atoms with Gasteiger partial charge in [0.15, 0.2) is 0 Å². The van der Waals surface area contributed by atoms with E-state index in [1.807, 2.05) is 6.07 Å². The van der Waals surface area contributed by atoms with Gasteiger partial charge in [0, 0.05) is 0 Å². The quantitative estimate of drug-likeness (QED) is 0.785. The minimum atomic E-state index is -0.339. The minimum absolute atomic E-state index is 0.0542. The molecule has 1 aliphatic rings. The van der Waals surface area contributed by atoms with Crippen LogP contribution in [0.25, 0.3) is 0 Å². The first-order valence-electron chi connectivity index (χ1n) is 6.60. The Morgan fingerprint density at radius 3 is 2.89 bits per heavy atom. The molecule has 0 bridgehead atoms. The molecule has 1 unspecified atom stereocenters. The molecule has 1 aromatic rings. The fraction of sp³-hybridized carbons (Fsp3) is 0.467. The molecule has 1 nitrogen and oxygen atoms in total. The van der Waals surface area contributed by atoms with Crippen molar-refractivity contribution >= 4 is 11.6 Å². The Morgan fingerprint density at radius 1 is 1.39 bits per heavy atom. The van der Waals surface area contributed by atoms with Crippen molar-refractivity contribution in [1.29, 1.82) is 0 Å². The van der Waals surface area contributed by atoms with E-state index in [2.05, 4.69) is 18.3 Å². The average molecular weight is 268 g/mol. The molecular formula is C15H19ClFN. The van der Waals surface area contributed by atoms with Crippen molar-refractivity contribution < 1.29 is 4.39 Å². The van der Waals surface area contributed by atoms with Gasteiger partial charge in [-0.1, -0.05) is 42.3 Å². The van der Waals surface area contributed by atoms with E-state index in [-0.39, 0.29) is 16.9 Å². The highest BCUT2D eigenvalue weighted by atomic mass is 35.5. The summed E-state index contributed by atoms with van der Waals surface area (Å²) in [6.07, 6.45) is 6.92. The lowest BCUT2D eigenvalue weighted by molar-refractivity contribution is 0.557. The number of hydrogen-bond donors (Lipinski definition) is 1. The van der Waals surface area contributed by atoms with Gasteiger partial charge < -0.3 is 5.32 Å². The smallest absolute Gasteiger partial charge is 0.142 e. The van der Waals surface area contributed by atoms with Crippen molar-refractivity contribution in [1.82, 2.24) is 5.32 Å². The number of likely N-dealkylation sites (N-methyl/N-ethyl adjacent to an activating group) is 1. The summed E-state index contributed by atoms with van der Waals surface area (Å²) in [5.41, 5.74) is 2.20. The van der Waals surface area contributed by atoms with Gasteiger partial charge in [0.1, 0.15) is 5.82 Å². The number of hydrogen-bond acceptors (Lipinski definition) is 1. The maximum Gasteiger partial charge on any atom is 0.142 e. The van der Waals surface area contributed by atoms with Crippen LogP contribution in [0.15, 0.2) is 29.8 Å². The van der Waals surface area contributed by atoms with E-state index >= 15 is 0 Å². The summed E-state index contributed by atoms with van der Waals surface area (Å²) < 4.78 is 13.6. The summed E-state index contributed by atoms with van der Waals surface area (Å²) in [6, 6.07) is 5.10. The molecule has 1 N–H and O–H groups in total. The monoisotopic (exact) mass is 267 g/mol. The number of halogens is 2. The molecule has 0 fully saturated rings. The zero-order valence-corrected chi connectivity index (χ0v) is 11.4. The normalized spacial score (nSPS) is 17.4. The third-order valence-corrected chi connectivity index (χ3v) is 3.80. The highest BCUT2D eigenvalue weighted by Gasteiger charge is 2.20. The molecule has 0 saturated heterocycles. The van der Waals surface area contributed by atoms with Gasteiger partial charge >= 0.3 is 0 Å². The molecule has 0 aliphatic heterocycles. The van der Waals surface area contributed by atoms with E-state index in [0.29, 0.717) is 0 Å². The molecular weight excluding hydrogens is 249 g/mol. The summed E-state index contributed by atoms with van der Waals surface area (Å²) in [4.78, 5) is 0. The van der Waals surface area contributed by atoms with Gasteiger partial charge in [-0.05, 0) is 43.9 Å². The lowest BCUT2D eigenvalue weighted by Gasteiger charge is -2.25. The predicted molar refractivity (Wildman–Crippen MR) is 74.4 cm³/mol. The SMILES string of the molecule is CCNC(C1=CCCCC1)c1cccc(F)c1Cl. The Bertz CT molecular complexity index is 442. The molecule has 0 amide bonds. The van der Waals surface area contributed by atoms with E-state index in [1.54, 1.807) is 6.07 Å². The summed E-state index contributed by atoms with van der Waals surface area (Å²) in [5, 5.41) is 3.66. The summed E-state index contributed by atoms with van der Waals surface area (Å²) in [5.74, 6) is -0.339. The second-order valence-corrected chi connectivity index (χ2v) is 5.04. The molecule has 0 heterocycles. The number of allylic oxidation sites excluding steroid dienone is 1. The van der Waals surface area contributed by atoms with Gasteiger partial charge in [-0.25, -0.2) is 4.39 Å². The average Bonchev–Trinajstić information content (AvgIpc) is 2.41. The first-order valence-corrected chi connectivity index (χ1v) is 6.98. The second-order valence-electron chi connectivity index (χ2n) is 4.66. The van der Waals surface area contributed by atoms with E-state index < -0.39 is 0 Å². The molecule has 3 heteroatoms. The largest absolute Gasteiger partial charge is 0.307 e.